The molecule has 1 aromatic heterocycles. The van der Waals surface area contributed by atoms with Gasteiger partial charge in [-0.3, -0.25) is 9.59 Å². The summed E-state index contributed by atoms with van der Waals surface area (Å²) in [7, 11) is -3.78. The highest BCUT2D eigenvalue weighted by Gasteiger charge is 2.42. The topological polar surface area (TPSA) is 98.8 Å². The van der Waals surface area contributed by atoms with Gasteiger partial charge in [0, 0.05) is 47.7 Å². The maximum atomic E-state index is 13.7. The molecular weight excluding hydrogens is 532 g/mol. The van der Waals surface area contributed by atoms with Gasteiger partial charge in [-0.2, -0.15) is 4.31 Å². The quantitative estimate of drug-likeness (QED) is 0.424. The van der Waals surface area contributed by atoms with Crippen molar-refractivity contribution < 1.29 is 18.0 Å². The number of carbonyl (C=O) groups excluding carboxylic acids is 2. The molecule has 0 bridgehead atoms. The Hall–Kier alpha value is -2.79. The number of nitrogens with zero attached hydrogens (tertiary/aromatic N) is 2. The fourth-order valence-electron chi connectivity index (χ4n) is 5.58. The molecule has 3 heterocycles. The van der Waals surface area contributed by atoms with Crippen LogP contribution >= 0.6 is 11.3 Å². The summed E-state index contributed by atoms with van der Waals surface area (Å²) < 4.78 is 27.3. The molecule has 0 spiro atoms. The molecule has 4 rings (SSSR count). The number of hydrogen-bond acceptors (Lipinski definition) is 6. The van der Waals surface area contributed by atoms with Crippen molar-refractivity contribution in [3.63, 3.8) is 0 Å². The molecule has 39 heavy (non-hydrogen) atoms. The van der Waals surface area contributed by atoms with Crippen LogP contribution in [0.4, 0.5) is 5.00 Å². The highest BCUT2D eigenvalue weighted by molar-refractivity contribution is 7.89. The second-order valence-corrected chi connectivity index (χ2v) is 14.3. The standard InChI is InChI=1S/C29H38N4O4S2/c1-7-15-33(16-8-2)39(36,37)21-13-11-20(12-14-21)25(34)30-26-23(27(35)32-17-9-10-18-32)22-19-28(3,4)31-29(5,6)24(22)38-26/h7-8,11-14,31H,1-2,9-10,15-19H2,3-6H3,(H,30,34). The SMILES string of the molecule is C=CCN(CC=C)S(=O)(=O)c1ccc(C(=O)Nc2sc3c(c2C(=O)N2CCCC2)CC(C)(C)NC3(C)C)cc1. The van der Waals surface area contributed by atoms with Crippen LogP contribution in [0.3, 0.4) is 0 Å². The van der Waals surface area contributed by atoms with Crippen LogP contribution in [0.1, 0.15) is 71.7 Å². The molecule has 2 aromatic rings. The van der Waals surface area contributed by atoms with Crippen molar-refractivity contribution in [3.8, 4) is 0 Å². The van der Waals surface area contributed by atoms with E-state index < -0.39 is 15.9 Å². The van der Waals surface area contributed by atoms with E-state index in [1.807, 2.05) is 4.90 Å². The summed E-state index contributed by atoms with van der Waals surface area (Å²) in [4.78, 5) is 30.1. The maximum absolute atomic E-state index is 13.7. The van der Waals surface area contributed by atoms with Crippen molar-refractivity contribution in [2.75, 3.05) is 31.5 Å². The molecule has 1 saturated heterocycles. The Bertz CT molecular complexity index is 1370. The minimum absolute atomic E-state index is 0.0419. The predicted molar refractivity (Wildman–Crippen MR) is 157 cm³/mol. The zero-order valence-electron chi connectivity index (χ0n) is 23.2. The van der Waals surface area contributed by atoms with Crippen LogP contribution < -0.4 is 10.6 Å². The van der Waals surface area contributed by atoms with Crippen molar-refractivity contribution in [3.05, 3.63) is 71.1 Å². The first-order valence-corrected chi connectivity index (χ1v) is 15.4. The average molecular weight is 571 g/mol. The minimum atomic E-state index is -3.78. The first-order chi connectivity index (χ1) is 18.3. The van der Waals surface area contributed by atoms with E-state index >= 15 is 0 Å². The number of sulfonamides is 1. The molecule has 0 unspecified atom stereocenters. The van der Waals surface area contributed by atoms with Gasteiger partial charge in [0.25, 0.3) is 11.8 Å². The third-order valence-electron chi connectivity index (χ3n) is 7.10. The summed E-state index contributed by atoms with van der Waals surface area (Å²) in [5.41, 5.74) is 1.29. The van der Waals surface area contributed by atoms with Crippen molar-refractivity contribution in [1.82, 2.24) is 14.5 Å². The molecule has 8 nitrogen and oxygen atoms in total. The smallest absolute Gasteiger partial charge is 0.257 e. The van der Waals surface area contributed by atoms with E-state index in [0.717, 1.165) is 23.3 Å². The predicted octanol–water partition coefficient (Wildman–Crippen LogP) is 4.76. The number of thiophene rings is 1. The van der Waals surface area contributed by atoms with Crippen LogP contribution in [0, 0.1) is 0 Å². The lowest BCUT2D eigenvalue weighted by Gasteiger charge is -2.42. The van der Waals surface area contributed by atoms with E-state index in [1.54, 1.807) is 0 Å². The molecule has 1 fully saturated rings. The van der Waals surface area contributed by atoms with Crippen molar-refractivity contribution in [1.29, 1.82) is 0 Å². The molecule has 10 heteroatoms. The van der Waals surface area contributed by atoms with E-state index in [2.05, 4.69) is 51.5 Å². The number of anilines is 1. The Balaban J connectivity index is 1.66. The van der Waals surface area contributed by atoms with Gasteiger partial charge in [0.05, 0.1) is 10.5 Å². The first kappa shape index (κ1) is 29.2. The summed E-state index contributed by atoms with van der Waals surface area (Å²) >= 11 is 1.44. The Morgan fingerprint density at radius 1 is 1.08 bits per heavy atom. The number of likely N-dealkylation sites (tertiary alicyclic amines) is 1. The second kappa shape index (κ2) is 11.0. The lowest BCUT2D eigenvalue weighted by molar-refractivity contribution is 0.0792. The average Bonchev–Trinajstić information content (AvgIpc) is 3.51. The number of rotatable bonds is 9. The molecule has 0 radical (unpaired) electrons. The number of benzene rings is 1. The lowest BCUT2D eigenvalue weighted by atomic mass is 9.81. The minimum Gasteiger partial charge on any atom is -0.339 e. The summed E-state index contributed by atoms with van der Waals surface area (Å²) in [5, 5.41) is 7.20. The van der Waals surface area contributed by atoms with Gasteiger partial charge >= 0.3 is 0 Å². The van der Waals surface area contributed by atoms with Crippen LogP contribution in [-0.4, -0.2) is 61.2 Å². The van der Waals surface area contributed by atoms with E-state index in [1.165, 1.54) is 52.1 Å². The Morgan fingerprint density at radius 3 is 2.23 bits per heavy atom. The summed E-state index contributed by atoms with van der Waals surface area (Å²) in [6.45, 7) is 17.4. The second-order valence-electron chi connectivity index (χ2n) is 11.3. The first-order valence-electron chi connectivity index (χ1n) is 13.2. The monoisotopic (exact) mass is 570 g/mol. The molecule has 2 aliphatic heterocycles. The third-order valence-corrected chi connectivity index (χ3v) is 10.4. The van der Waals surface area contributed by atoms with Crippen LogP contribution in [0.2, 0.25) is 0 Å². The Labute approximate surface area is 235 Å². The number of carbonyl (C=O) groups is 2. The number of amides is 2. The zero-order valence-corrected chi connectivity index (χ0v) is 24.8. The summed E-state index contributed by atoms with van der Waals surface area (Å²) in [5.74, 6) is -0.438. The number of fused-ring (bicyclic) bond motifs is 1. The van der Waals surface area contributed by atoms with E-state index in [-0.39, 0.29) is 35.0 Å². The molecule has 0 saturated carbocycles. The molecule has 2 N–H and O–H groups in total. The zero-order chi connectivity index (χ0) is 28.6. The molecule has 0 aliphatic carbocycles. The normalized spacial score (nSPS) is 18.0. The molecule has 2 amide bonds. The summed E-state index contributed by atoms with van der Waals surface area (Å²) in [6.07, 6.45) is 5.66. The van der Waals surface area contributed by atoms with Gasteiger partial charge in [0.1, 0.15) is 5.00 Å². The highest BCUT2D eigenvalue weighted by Crippen LogP contribution is 2.45. The summed E-state index contributed by atoms with van der Waals surface area (Å²) in [6, 6.07) is 5.84. The van der Waals surface area contributed by atoms with Crippen LogP contribution in [0.15, 0.2) is 54.5 Å². The van der Waals surface area contributed by atoms with Gasteiger partial charge in [0.2, 0.25) is 10.0 Å². The van der Waals surface area contributed by atoms with Crippen LogP contribution in [0.5, 0.6) is 0 Å². The van der Waals surface area contributed by atoms with Gasteiger partial charge in [0.15, 0.2) is 0 Å². The highest BCUT2D eigenvalue weighted by atomic mass is 32.2. The third kappa shape index (κ3) is 5.89. The molecule has 0 atom stereocenters. The van der Waals surface area contributed by atoms with Gasteiger partial charge in [-0.25, -0.2) is 8.42 Å². The largest absolute Gasteiger partial charge is 0.339 e. The molecule has 2 aliphatic rings. The van der Waals surface area contributed by atoms with Gasteiger partial charge < -0.3 is 15.5 Å². The Morgan fingerprint density at radius 2 is 1.67 bits per heavy atom. The van der Waals surface area contributed by atoms with Crippen molar-refractivity contribution in [2.24, 2.45) is 0 Å². The Kier molecular flexibility index (Phi) is 8.23. The fraction of sp³-hybridized carbons (Fsp3) is 0.448. The number of hydrogen-bond donors (Lipinski definition) is 2. The van der Waals surface area contributed by atoms with Crippen molar-refractivity contribution >= 4 is 38.2 Å². The van der Waals surface area contributed by atoms with Crippen LogP contribution in [0.25, 0.3) is 0 Å². The van der Waals surface area contributed by atoms with Crippen LogP contribution in [-0.2, 0) is 22.0 Å². The molecular formula is C29H38N4O4S2. The maximum Gasteiger partial charge on any atom is 0.257 e. The van der Waals surface area contributed by atoms with Crippen molar-refractivity contribution in [2.45, 2.75) is 62.9 Å². The lowest BCUT2D eigenvalue weighted by Crippen LogP contribution is -2.55. The van der Waals surface area contributed by atoms with E-state index in [0.29, 0.717) is 35.6 Å². The van der Waals surface area contributed by atoms with E-state index in [9.17, 15) is 18.0 Å². The van der Waals surface area contributed by atoms with E-state index in [4.69, 9.17) is 0 Å². The van der Waals surface area contributed by atoms with Gasteiger partial charge in [-0.15, -0.1) is 24.5 Å². The molecule has 1 aromatic carbocycles. The fourth-order valence-corrected chi connectivity index (χ4v) is 8.23. The number of nitrogens with one attached hydrogen (secondary N) is 2. The van der Waals surface area contributed by atoms with Gasteiger partial charge in [-0.1, -0.05) is 12.2 Å². The van der Waals surface area contributed by atoms with Gasteiger partial charge in [-0.05, 0) is 76.8 Å². The molecule has 210 valence electrons.